The van der Waals surface area contributed by atoms with Crippen LogP contribution >= 0.6 is 0 Å². The number of nitrogens with zero attached hydrogens (tertiary/aromatic N) is 1. The fraction of sp³-hybridized carbons (Fsp3) is 0.182. The molecule has 2 N–H and O–H groups in total. The summed E-state index contributed by atoms with van der Waals surface area (Å²) in [6.07, 6.45) is 4.97. The van der Waals surface area contributed by atoms with E-state index in [4.69, 9.17) is 0 Å². The summed E-state index contributed by atoms with van der Waals surface area (Å²) >= 11 is 0. The molecule has 0 aliphatic carbocycles. The number of fused-ring (bicyclic) bond motifs is 1. The zero-order valence-corrected chi connectivity index (χ0v) is 14.5. The molecule has 2 amide bonds. The summed E-state index contributed by atoms with van der Waals surface area (Å²) in [6.45, 7) is 0.926. The van der Waals surface area contributed by atoms with Crippen molar-refractivity contribution in [3.05, 3.63) is 71.5 Å². The highest BCUT2D eigenvalue weighted by Crippen LogP contribution is 2.44. The molecule has 27 heavy (non-hydrogen) atoms. The molecule has 0 radical (unpaired) electrons. The number of hydrogen-bond donors (Lipinski definition) is 2. The Bertz CT molecular complexity index is 1260. The van der Waals surface area contributed by atoms with Crippen LogP contribution in [0.4, 0.5) is 0 Å². The van der Waals surface area contributed by atoms with Gasteiger partial charge in [0, 0.05) is 35.2 Å². The van der Waals surface area contributed by atoms with Gasteiger partial charge in [-0.1, -0.05) is 36.4 Å². The number of carbonyl (C=O) groups excluding carboxylic acids is 2. The van der Waals surface area contributed by atoms with Crippen LogP contribution in [0.25, 0.3) is 21.8 Å². The average molecular weight is 355 g/mol. The van der Waals surface area contributed by atoms with Crippen molar-refractivity contribution in [1.29, 1.82) is 0 Å². The first-order valence-electron chi connectivity index (χ1n) is 9.24. The highest BCUT2D eigenvalue weighted by Gasteiger charge is 2.45. The number of benzene rings is 2. The van der Waals surface area contributed by atoms with Crippen LogP contribution in [0.1, 0.15) is 28.5 Å². The molecule has 4 aromatic rings. The van der Waals surface area contributed by atoms with Crippen LogP contribution in [0.15, 0.2) is 54.9 Å². The fourth-order valence-corrected chi connectivity index (χ4v) is 4.90. The first-order valence-corrected chi connectivity index (χ1v) is 9.24. The molecule has 132 valence electrons. The molecule has 5 nitrogen and oxygen atoms in total. The SMILES string of the molecule is O=C1NC(=O)[C@H](c2cn3c4c(cccc24)CC3)C1c1c[nH]c2ccccc12. The van der Waals surface area contributed by atoms with Gasteiger partial charge in [-0.3, -0.25) is 14.9 Å². The molecule has 2 aromatic heterocycles. The van der Waals surface area contributed by atoms with Gasteiger partial charge in [-0.2, -0.15) is 0 Å². The van der Waals surface area contributed by atoms with Gasteiger partial charge >= 0.3 is 0 Å². The molecule has 0 bridgehead atoms. The molecule has 2 aromatic carbocycles. The number of aromatic nitrogens is 2. The summed E-state index contributed by atoms with van der Waals surface area (Å²) in [5, 5.41) is 4.66. The summed E-state index contributed by atoms with van der Waals surface area (Å²) < 4.78 is 2.22. The summed E-state index contributed by atoms with van der Waals surface area (Å²) in [7, 11) is 0. The Morgan fingerprint density at radius 1 is 0.889 bits per heavy atom. The molecule has 5 heteroatoms. The highest BCUT2D eigenvalue weighted by molar-refractivity contribution is 6.13. The van der Waals surface area contributed by atoms with Crippen LogP contribution in [-0.2, 0) is 22.6 Å². The summed E-state index contributed by atoms with van der Waals surface area (Å²) in [6, 6.07) is 14.2. The van der Waals surface area contributed by atoms with Crippen molar-refractivity contribution < 1.29 is 9.59 Å². The van der Waals surface area contributed by atoms with Crippen molar-refractivity contribution >= 4 is 33.6 Å². The fourth-order valence-electron chi connectivity index (χ4n) is 4.90. The van der Waals surface area contributed by atoms with E-state index in [0.717, 1.165) is 40.4 Å². The van der Waals surface area contributed by atoms with Gasteiger partial charge < -0.3 is 9.55 Å². The molecule has 1 unspecified atom stereocenters. The Morgan fingerprint density at radius 3 is 2.56 bits per heavy atom. The number of rotatable bonds is 2. The average Bonchev–Trinajstić information content (AvgIpc) is 3.41. The van der Waals surface area contributed by atoms with Crippen LogP contribution in [-0.4, -0.2) is 21.4 Å². The number of imide groups is 1. The third-order valence-corrected chi connectivity index (χ3v) is 6.07. The van der Waals surface area contributed by atoms with E-state index in [1.165, 1.54) is 11.1 Å². The summed E-state index contributed by atoms with van der Waals surface area (Å²) in [5.74, 6) is -1.45. The van der Waals surface area contributed by atoms with E-state index in [9.17, 15) is 9.59 Å². The minimum atomic E-state index is -0.518. The lowest BCUT2D eigenvalue weighted by Gasteiger charge is -2.15. The third kappa shape index (κ3) is 1.88. The molecular weight excluding hydrogens is 338 g/mol. The zero-order valence-electron chi connectivity index (χ0n) is 14.5. The lowest BCUT2D eigenvalue weighted by Crippen LogP contribution is -2.21. The van der Waals surface area contributed by atoms with Gasteiger partial charge in [0.15, 0.2) is 0 Å². The van der Waals surface area contributed by atoms with Crippen LogP contribution in [0, 0.1) is 0 Å². The van der Waals surface area contributed by atoms with Crippen LogP contribution in [0.2, 0.25) is 0 Å². The van der Waals surface area contributed by atoms with Crippen molar-refractivity contribution in [1.82, 2.24) is 14.9 Å². The third-order valence-electron chi connectivity index (χ3n) is 6.07. The quantitative estimate of drug-likeness (QED) is 0.542. The first kappa shape index (κ1) is 14.8. The Hall–Kier alpha value is -3.34. The van der Waals surface area contributed by atoms with E-state index >= 15 is 0 Å². The highest BCUT2D eigenvalue weighted by atomic mass is 16.2. The van der Waals surface area contributed by atoms with Crippen LogP contribution < -0.4 is 5.32 Å². The normalized spacial score (nSPS) is 21.5. The maximum atomic E-state index is 12.8. The summed E-state index contributed by atoms with van der Waals surface area (Å²) in [4.78, 5) is 28.9. The van der Waals surface area contributed by atoms with Crippen molar-refractivity contribution in [3.8, 4) is 0 Å². The second-order valence-electron chi connectivity index (χ2n) is 7.44. The van der Waals surface area contributed by atoms with Crippen molar-refractivity contribution in [3.63, 3.8) is 0 Å². The molecule has 0 saturated carbocycles. The smallest absolute Gasteiger partial charge is 0.235 e. The second kappa shape index (κ2) is 5.10. The number of nitrogens with one attached hydrogen (secondary N) is 2. The number of aromatic amines is 1. The monoisotopic (exact) mass is 355 g/mol. The molecule has 1 fully saturated rings. The number of carbonyl (C=O) groups is 2. The molecular formula is C22H17N3O2. The second-order valence-corrected chi connectivity index (χ2v) is 7.44. The number of amides is 2. The molecule has 6 rings (SSSR count). The Balaban J connectivity index is 1.58. The lowest BCUT2D eigenvalue weighted by molar-refractivity contribution is -0.125. The zero-order chi connectivity index (χ0) is 18.1. The lowest BCUT2D eigenvalue weighted by atomic mass is 9.83. The van der Waals surface area contributed by atoms with E-state index in [0.29, 0.717) is 0 Å². The summed E-state index contributed by atoms with van der Waals surface area (Å²) in [5.41, 5.74) is 5.33. The molecule has 2 aliphatic heterocycles. The number of para-hydroxylation sites is 2. The van der Waals surface area contributed by atoms with Crippen molar-refractivity contribution in [2.75, 3.05) is 0 Å². The maximum Gasteiger partial charge on any atom is 0.235 e. The van der Waals surface area contributed by atoms with Gasteiger partial charge in [0.2, 0.25) is 11.8 Å². The van der Waals surface area contributed by atoms with Crippen LogP contribution in [0.3, 0.4) is 0 Å². The minimum absolute atomic E-state index is 0.208. The first-order chi connectivity index (χ1) is 13.2. The van der Waals surface area contributed by atoms with Gasteiger partial charge in [-0.15, -0.1) is 0 Å². The van der Waals surface area contributed by atoms with E-state index in [1.54, 1.807) is 0 Å². The Labute approximate surface area is 155 Å². The van der Waals surface area contributed by atoms with Gasteiger partial charge in [-0.25, -0.2) is 0 Å². The molecule has 2 aliphatic rings. The molecule has 0 spiro atoms. The van der Waals surface area contributed by atoms with E-state index < -0.39 is 11.8 Å². The van der Waals surface area contributed by atoms with Gasteiger partial charge in [0.05, 0.1) is 17.4 Å². The largest absolute Gasteiger partial charge is 0.361 e. The number of H-pyrrole nitrogens is 1. The minimum Gasteiger partial charge on any atom is -0.361 e. The van der Waals surface area contributed by atoms with Gasteiger partial charge in [0.1, 0.15) is 0 Å². The molecule has 1 saturated heterocycles. The topological polar surface area (TPSA) is 66.9 Å². The predicted octanol–water partition coefficient (Wildman–Crippen LogP) is 3.20. The predicted molar refractivity (Wildman–Crippen MR) is 103 cm³/mol. The van der Waals surface area contributed by atoms with E-state index in [2.05, 4.69) is 33.2 Å². The number of hydrogen-bond acceptors (Lipinski definition) is 2. The molecule has 4 heterocycles. The van der Waals surface area contributed by atoms with Crippen molar-refractivity contribution in [2.24, 2.45) is 0 Å². The van der Waals surface area contributed by atoms with Crippen molar-refractivity contribution in [2.45, 2.75) is 24.8 Å². The standard InChI is InChI=1S/C22H17N3O2/c26-21-18(15-10-23-17-7-2-1-5-13(15)17)19(22(27)24-21)16-11-25-9-8-12-4-3-6-14(16)20(12)25/h1-7,10-11,18-19,23H,8-9H2,(H,24,26,27)/t18?,19-/m1/s1. The van der Waals surface area contributed by atoms with E-state index in [1.807, 2.05) is 36.5 Å². The maximum absolute atomic E-state index is 12.8. The molecule has 2 atom stereocenters. The number of aryl methyl sites for hydroxylation is 2. The van der Waals surface area contributed by atoms with Crippen LogP contribution in [0.5, 0.6) is 0 Å². The Morgan fingerprint density at radius 2 is 1.67 bits per heavy atom. The Kier molecular flexibility index (Phi) is 2.79. The van der Waals surface area contributed by atoms with E-state index in [-0.39, 0.29) is 11.8 Å². The van der Waals surface area contributed by atoms with Gasteiger partial charge in [0.25, 0.3) is 0 Å². The van der Waals surface area contributed by atoms with Gasteiger partial charge in [-0.05, 0) is 29.2 Å².